The van der Waals surface area contributed by atoms with Gasteiger partial charge in [-0.1, -0.05) is 37.8 Å². The van der Waals surface area contributed by atoms with Crippen LogP contribution >= 0.6 is 10.5 Å². The zero-order valence-electron chi connectivity index (χ0n) is 13.3. The normalized spacial score (nSPS) is 17.8. The zero-order chi connectivity index (χ0) is 18.7. The van der Waals surface area contributed by atoms with Gasteiger partial charge in [0.1, 0.15) is 0 Å². The predicted octanol–water partition coefficient (Wildman–Crippen LogP) is 7.80. The first-order chi connectivity index (χ1) is 11.6. The summed E-state index contributed by atoms with van der Waals surface area (Å²) in [6, 6.07) is 8.82. The van der Waals surface area contributed by atoms with E-state index in [1.807, 2.05) is 18.2 Å². The third kappa shape index (κ3) is 5.90. The minimum atomic E-state index is -6.00. The summed E-state index contributed by atoms with van der Waals surface area (Å²) in [5.41, 5.74) is -4.15. The van der Waals surface area contributed by atoms with Crippen molar-refractivity contribution >= 4 is 27.8 Å². The molecule has 1 atom stereocenters. The van der Waals surface area contributed by atoms with Crippen LogP contribution in [0.15, 0.2) is 30.3 Å². The molecule has 1 aromatic heterocycles. The first kappa shape index (κ1) is 20.1. The second-order valence-electron chi connectivity index (χ2n) is 6.02. The number of alkyl halides is 3. The summed E-state index contributed by atoms with van der Waals surface area (Å²) in [6.45, 7) is 0. The number of benzene rings is 1. The number of rotatable bonds is 1. The third-order valence-corrected chi connectivity index (χ3v) is 6.36. The first-order valence-electron chi connectivity index (χ1n) is 8.06. The lowest BCUT2D eigenvalue weighted by Crippen LogP contribution is -2.02. The van der Waals surface area contributed by atoms with Gasteiger partial charge in [-0.2, -0.15) is 0 Å². The molecule has 1 heterocycles. The topological polar surface area (TPSA) is 0 Å². The summed E-state index contributed by atoms with van der Waals surface area (Å²) in [5.74, 6) is 0.120. The quantitative estimate of drug-likeness (QED) is 0.203. The molecule has 0 N–H and O–H groups in total. The summed E-state index contributed by atoms with van der Waals surface area (Å²) < 4.78 is 80.0. The average molecular weight is 386 g/mol. The maximum atomic E-state index is 13.5. The van der Waals surface area contributed by atoms with E-state index in [1.165, 1.54) is 0 Å². The van der Waals surface area contributed by atoms with Crippen LogP contribution in [0.5, 0.6) is 0 Å². The molecular weight excluding hydrogens is 368 g/mol. The van der Waals surface area contributed by atoms with E-state index < -0.39 is 23.2 Å². The molecule has 1 aromatic carbocycles. The monoisotopic (exact) mass is 386 g/mol. The molecule has 3 rings (SSSR count). The van der Waals surface area contributed by atoms with Crippen molar-refractivity contribution in [3.8, 4) is 0 Å². The van der Waals surface area contributed by atoms with Crippen LogP contribution in [0.4, 0.5) is 30.4 Å². The van der Waals surface area contributed by atoms with E-state index in [9.17, 15) is 30.4 Å². The predicted molar refractivity (Wildman–Crippen MR) is 88.4 cm³/mol. The lowest BCUT2D eigenvalue weighted by molar-refractivity contribution is -0.0868. The van der Waals surface area contributed by atoms with E-state index in [0.29, 0.717) is 9.58 Å². The summed E-state index contributed by atoms with van der Waals surface area (Å²) >= 11 is 0. The van der Waals surface area contributed by atoms with Crippen LogP contribution < -0.4 is 0 Å². The van der Waals surface area contributed by atoms with Gasteiger partial charge in [-0.3, -0.25) is 0 Å². The Kier molecular flexibility index (Phi) is 6.40. The van der Waals surface area contributed by atoms with Crippen LogP contribution in [0.2, 0.25) is 0 Å². The van der Waals surface area contributed by atoms with Crippen LogP contribution in [0.3, 0.4) is 0 Å². The van der Waals surface area contributed by atoms with E-state index in [0.717, 1.165) is 43.9 Å². The Hall–Kier alpha value is -1.25. The number of fused-ring (bicyclic) bond motifs is 1. The van der Waals surface area contributed by atoms with Gasteiger partial charge in [-0.15, -0.1) is 13.2 Å². The lowest BCUT2D eigenvalue weighted by atomic mass is 9.98. The summed E-state index contributed by atoms with van der Waals surface area (Å²) in [6.07, 6.45) is 6.28. The molecule has 9 heteroatoms. The molecule has 2 aromatic rings. The van der Waals surface area contributed by atoms with Crippen LogP contribution in [0, 0.1) is 0 Å². The molecule has 0 amide bonds. The standard InChI is InChI=1S/C16H18F3S.BF4/c17-16(18,19)20-14-10-6-5-9-13(14)11-15(20)12-7-3-1-2-4-8-12;2-1(3,4)5/h5-6,9-12H,1-4,7-8H2;/q+1;-1. The highest BCUT2D eigenvalue weighted by Gasteiger charge is 2.49. The van der Waals surface area contributed by atoms with E-state index in [4.69, 9.17) is 0 Å². The number of hydrogen-bond donors (Lipinski definition) is 0. The minimum Gasteiger partial charge on any atom is -0.418 e. The zero-order valence-corrected chi connectivity index (χ0v) is 14.2. The third-order valence-electron chi connectivity index (χ3n) is 4.16. The Morgan fingerprint density at radius 3 is 1.92 bits per heavy atom. The Morgan fingerprint density at radius 2 is 1.40 bits per heavy atom. The van der Waals surface area contributed by atoms with E-state index in [2.05, 4.69) is 0 Å². The fourth-order valence-corrected chi connectivity index (χ4v) is 5.39. The molecule has 1 aliphatic carbocycles. The van der Waals surface area contributed by atoms with Gasteiger partial charge in [-0.05, 0) is 25.0 Å². The lowest BCUT2D eigenvalue weighted by Gasteiger charge is -2.10. The molecule has 25 heavy (non-hydrogen) atoms. The molecule has 0 bridgehead atoms. The molecule has 0 nitrogen and oxygen atoms in total. The van der Waals surface area contributed by atoms with Crippen LogP contribution in [-0.4, -0.2) is 7.25 Å². The summed E-state index contributed by atoms with van der Waals surface area (Å²) in [4.78, 5) is 0.639. The van der Waals surface area contributed by atoms with Crippen molar-refractivity contribution in [3.63, 3.8) is 0 Å². The Morgan fingerprint density at radius 1 is 0.880 bits per heavy atom. The van der Waals surface area contributed by atoms with Crippen molar-refractivity contribution in [3.05, 3.63) is 35.2 Å². The van der Waals surface area contributed by atoms with Crippen molar-refractivity contribution in [2.75, 3.05) is 0 Å². The molecular formula is C16H18BF7S. The fourth-order valence-electron chi connectivity index (χ4n) is 3.23. The maximum Gasteiger partial charge on any atom is 0.673 e. The van der Waals surface area contributed by atoms with Crippen LogP contribution in [0.25, 0.3) is 10.1 Å². The van der Waals surface area contributed by atoms with Crippen molar-refractivity contribution < 1.29 is 30.4 Å². The van der Waals surface area contributed by atoms with E-state index in [1.54, 1.807) is 12.1 Å². The molecule has 1 aliphatic rings. The molecule has 1 saturated carbocycles. The molecule has 1 fully saturated rings. The Bertz CT molecular complexity index is 676. The van der Waals surface area contributed by atoms with Crippen LogP contribution in [0.1, 0.15) is 49.3 Å². The smallest absolute Gasteiger partial charge is 0.418 e. The maximum absolute atomic E-state index is 13.5. The highest BCUT2D eigenvalue weighted by atomic mass is 32.2. The highest BCUT2D eigenvalue weighted by Crippen LogP contribution is 2.54. The van der Waals surface area contributed by atoms with Gasteiger partial charge in [-0.25, -0.2) is 0 Å². The van der Waals surface area contributed by atoms with Crippen LogP contribution in [-0.2, 0) is 5.51 Å². The molecule has 0 spiro atoms. The number of thiophene rings is 1. The SMILES string of the molecule is FC(F)(F)[s+]1c(C2CCCCCC2)cc2ccccc21.F[B-](F)(F)F. The van der Waals surface area contributed by atoms with Gasteiger partial charge in [0.2, 0.25) is 0 Å². The van der Waals surface area contributed by atoms with Crippen molar-refractivity contribution in [1.29, 1.82) is 0 Å². The van der Waals surface area contributed by atoms with Gasteiger partial charge in [0.05, 0.1) is 10.5 Å². The van der Waals surface area contributed by atoms with Crippen molar-refractivity contribution in [2.45, 2.75) is 50.0 Å². The second-order valence-corrected chi connectivity index (χ2v) is 8.01. The molecule has 0 saturated heterocycles. The van der Waals surface area contributed by atoms with Crippen molar-refractivity contribution in [2.24, 2.45) is 0 Å². The van der Waals surface area contributed by atoms with Gasteiger partial charge >= 0.3 is 12.8 Å². The fraction of sp³-hybridized carbons (Fsp3) is 0.500. The Balaban J connectivity index is 0.000000399. The highest BCUT2D eigenvalue weighted by molar-refractivity contribution is 7.38. The van der Waals surface area contributed by atoms with Gasteiger partial charge in [0.15, 0.2) is 9.58 Å². The molecule has 0 aliphatic heterocycles. The molecule has 1 unspecified atom stereocenters. The first-order valence-corrected chi connectivity index (χ1v) is 9.29. The molecule has 140 valence electrons. The number of hydrogen-bond acceptors (Lipinski definition) is 0. The average Bonchev–Trinajstić information content (AvgIpc) is 2.66. The van der Waals surface area contributed by atoms with E-state index >= 15 is 0 Å². The minimum absolute atomic E-state index is 0.120. The second kappa shape index (κ2) is 7.97. The van der Waals surface area contributed by atoms with Crippen molar-refractivity contribution in [1.82, 2.24) is 0 Å². The van der Waals surface area contributed by atoms with Gasteiger partial charge in [0.25, 0.3) is 0 Å². The molecule has 0 radical (unpaired) electrons. The van der Waals surface area contributed by atoms with E-state index in [-0.39, 0.29) is 5.92 Å². The van der Waals surface area contributed by atoms with Gasteiger partial charge < -0.3 is 17.3 Å². The van der Waals surface area contributed by atoms with Gasteiger partial charge in [0, 0.05) is 17.4 Å². The summed E-state index contributed by atoms with van der Waals surface area (Å²) in [7, 11) is -7.70. The largest absolute Gasteiger partial charge is 0.673 e. The Labute approximate surface area is 144 Å². The summed E-state index contributed by atoms with van der Waals surface area (Å²) in [5, 5.41) is 0.771. The number of halogens is 7.